The first-order valence-electron chi connectivity index (χ1n) is 15.2. The fraction of sp³-hybridized carbons (Fsp3) is 0.606. The quantitative estimate of drug-likeness (QED) is 0.160. The Morgan fingerprint density at radius 2 is 1.93 bits per heavy atom. The van der Waals surface area contributed by atoms with Crippen molar-refractivity contribution >= 4 is 35.2 Å². The van der Waals surface area contributed by atoms with Crippen LogP contribution in [-0.4, -0.2) is 70.1 Å². The van der Waals surface area contributed by atoms with Gasteiger partial charge in [-0.1, -0.05) is 37.1 Å². The summed E-state index contributed by atoms with van der Waals surface area (Å²) in [5.41, 5.74) is 2.87. The molecule has 224 valence electrons. The number of thioether (sulfide) groups is 1. The molecule has 3 fully saturated rings. The van der Waals surface area contributed by atoms with Crippen LogP contribution in [0.1, 0.15) is 68.9 Å². The number of unbranched alkanes of at least 4 members (excludes halogenated alkanes) is 5. The molecule has 41 heavy (non-hydrogen) atoms. The maximum absolute atomic E-state index is 14.7. The average molecular weight is 583 g/mol. The van der Waals surface area contributed by atoms with Gasteiger partial charge in [0.05, 0.1) is 23.2 Å². The van der Waals surface area contributed by atoms with Crippen LogP contribution in [0.2, 0.25) is 0 Å². The van der Waals surface area contributed by atoms with Crippen molar-refractivity contribution < 1.29 is 24.2 Å². The summed E-state index contributed by atoms with van der Waals surface area (Å²) in [7, 11) is 0. The molecule has 0 radical (unpaired) electrons. The number of esters is 1. The second-order valence-corrected chi connectivity index (χ2v) is 13.3. The van der Waals surface area contributed by atoms with E-state index in [0.717, 1.165) is 74.6 Å². The number of ether oxygens (including phenoxy) is 1. The van der Waals surface area contributed by atoms with Gasteiger partial charge in [0.15, 0.2) is 0 Å². The number of aliphatic hydroxyl groups excluding tert-OH is 1. The van der Waals surface area contributed by atoms with Crippen LogP contribution < -0.4 is 4.90 Å². The molecule has 1 N–H and O–H groups in total. The molecule has 1 spiro atoms. The van der Waals surface area contributed by atoms with Gasteiger partial charge in [0, 0.05) is 30.6 Å². The number of aliphatic hydroxyl groups is 1. The molecular weight excluding hydrogens is 536 g/mol. The standard InChI is InChI=1S/C33H46N2O5S/c1-5-7-8-13-21-40-32(39)27-26-16-17-33(41-26)28(27)30(37)35(19-11-9-10-12-20-36)29(33)31(38)34(18-6-2)25-22-23(3)14-15-24(25)4/h5-6,14-15,22,26-29,36H,1-2,7-13,16-21H2,3-4H3/t26-,27+,28+,29?,33?/m1/s1. The van der Waals surface area contributed by atoms with E-state index < -0.39 is 22.6 Å². The van der Waals surface area contributed by atoms with Crippen molar-refractivity contribution in [1.82, 2.24) is 4.90 Å². The van der Waals surface area contributed by atoms with Crippen molar-refractivity contribution in [2.45, 2.75) is 87.7 Å². The lowest BCUT2D eigenvalue weighted by Crippen LogP contribution is -2.55. The van der Waals surface area contributed by atoms with Crippen LogP contribution in [0.3, 0.4) is 0 Å². The Balaban J connectivity index is 1.65. The van der Waals surface area contributed by atoms with Gasteiger partial charge >= 0.3 is 5.97 Å². The normalized spacial score (nSPS) is 26.2. The summed E-state index contributed by atoms with van der Waals surface area (Å²) >= 11 is 1.68. The molecule has 1 aromatic carbocycles. The molecule has 8 heteroatoms. The fourth-order valence-electron chi connectivity index (χ4n) is 6.94. The highest BCUT2D eigenvalue weighted by Gasteiger charge is 2.74. The number of hydrogen-bond acceptors (Lipinski definition) is 6. The third-order valence-corrected chi connectivity index (χ3v) is 10.8. The Morgan fingerprint density at radius 3 is 2.66 bits per heavy atom. The van der Waals surface area contributed by atoms with Crippen molar-refractivity contribution in [2.75, 3.05) is 31.2 Å². The number of benzene rings is 1. The van der Waals surface area contributed by atoms with Crippen molar-refractivity contribution in [3.63, 3.8) is 0 Å². The number of carbonyl (C=O) groups excluding carboxylic acids is 3. The number of fused-ring (bicyclic) bond motifs is 1. The second kappa shape index (κ2) is 14.1. The van der Waals surface area contributed by atoms with Crippen LogP contribution in [0.15, 0.2) is 43.5 Å². The van der Waals surface area contributed by atoms with Crippen LogP contribution in [-0.2, 0) is 19.1 Å². The van der Waals surface area contributed by atoms with E-state index >= 15 is 0 Å². The number of allylic oxidation sites excluding steroid dienone is 1. The van der Waals surface area contributed by atoms with Crippen LogP contribution in [0.5, 0.6) is 0 Å². The van der Waals surface area contributed by atoms with Gasteiger partial charge in [0.25, 0.3) is 5.91 Å². The average Bonchev–Trinajstić information content (AvgIpc) is 3.60. The highest BCUT2D eigenvalue weighted by atomic mass is 32.2. The molecule has 2 bridgehead atoms. The SMILES string of the molecule is C=CCCCCOC(=O)[C@@H]1[C@H]2C(=O)N(CCCCCCO)C(C(=O)N(CC=C)c3cc(C)ccc3C)C23CC[C@H]1S3. The van der Waals surface area contributed by atoms with Gasteiger partial charge in [-0.2, -0.15) is 0 Å². The second-order valence-electron chi connectivity index (χ2n) is 11.7. The molecule has 2 unspecified atom stereocenters. The third-order valence-electron chi connectivity index (χ3n) is 8.89. The molecule has 2 amide bonds. The third kappa shape index (κ3) is 6.29. The fourth-order valence-corrected chi connectivity index (χ4v) is 9.14. The highest BCUT2D eigenvalue weighted by Crippen LogP contribution is 2.66. The Hall–Kier alpha value is -2.58. The summed E-state index contributed by atoms with van der Waals surface area (Å²) in [6.07, 6.45) is 10.9. The van der Waals surface area contributed by atoms with Crippen molar-refractivity contribution in [3.05, 3.63) is 54.6 Å². The van der Waals surface area contributed by atoms with Gasteiger partial charge in [-0.05, 0) is 76.0 Å². The maximum Gasteiger partial charge on any atom is 0.310 e. The van der Waals surface area contributed by atoms with E-state index in [0.29, 0.717) is 19.7 Å². The van der Waals surface area contributed by atoms with Crippen LogP contribution in [0, 0.1) is 25.7 Å². The zero-order valence-corrected chi connectivity index (χ0v) is 25.5. The van der Waals surface area contributed by atoms with Crippen molar-refractivity contribution in [3.8, 4) is 0 Å². The van der Waals surface area contributed by atoms with Gasteiger partial charge in [-0.3, -0.25) is 14.4 Å². The first-order chi connectivity index (χ1) is 19.8. The lowest BCUT2D eigenvalue weighted by atomic mass is 9.71. The number of rotatable bonds is 16. The number of carbonyl (C=O) groups is 3. The van der Waals surface area contributed by atoms with Crippen LogP contribution in [0.4, 0.5) is 5.69 Å². The predicted octanol–water partition coefficient (Wildman–Crippen LogP) is 5.37. The van der Waals surface area contributed by atoms with E-state index in [-0.39, 0.29) is 29.6 Å². The number of amides is 2. The number of aryl methyl sites for hydroxylation is 2. The first-order valence-corrected chi connectivity index (χ1v) is 16.0. The van der Waals surface area contributed by atoms with E-state index in [9.17, 15) is 19.5 Å². The summed E-state index contributed by atoms with van der Waals surface area (Å²) in [6.45, 7) is 13.0. The maximum atomic E-state index is 14.7. The summed E-state index contributed by atoms with van der Waals surface area (Å²) in [5, 5.41) is 9.17. The minimum atomic E-state index is -0.655. The zero-order chi connectivity index (χ0) is 29.6. The van der Waals surface area contributed by atoms with Crippen LogP contribution >= 0.6 is 11.8 Å². The Labute approximate surface area is 249 Å². The zero-order valence-electron chi connectivity index (χ0n) is 24.7. The highest BCUT2D eigenvalue weighted by molar-refractivity contribution is 8.02. The summed E-state index contributed by atoms with van der Waals surface area (Å²) in [4.78, 5) is 45.9. The molecule has 3 saturated heterocycles. The lowest BCUT2D eigenvalue weighted by Gasteiger charge is -2.37. The molecule has 0 aliphatic carbocycles. The largest absolute Gasteiger partial charge is 0.465 e. The Bertz CT molecular complexity index is 1140. The number of nitrogens with zero attached hydrogens (tertiary/aromatic N) is 2. The molecule has 7 nitrogen and oxygen atoms in total. The van der Waals surface area contributed by atoms with Crippen molar-refractivity contribution in [1.29, 1.82) is 0 Å². The predicted molar refractivity (Wildman–Crippen MR) is 165 cm³/mol. The number of hydrogen-bond donors (Lipinski definition) is 1. The van der Waals surface area contributed by atoms with E-state index in [4.69, 9.17) is 4.74 Å². The topological polar surface area (TPSA) is 87.1 Å². The van der Waals surface area contributed by atoms with E-state index in [2.05, 4.69) is 13.2 Å². The first kappa shape index (κ1) is 31.4. The van der Waals surface area contributed by atoms with Gasteiger partial charge in [-0.25, -0.2) is 0 Å². The van der Waals surface area contributed by atoms with E-state index in [1.54, 1.807) is 27.6 Å². The van der Waals surface area contributed by atoms with Gasteiger partial charge < -0.3 is 19.6 Å². The molecule has 0 saturated carbocycles. The Kier molecular flexibility index (Phi) is 10.8. The number of likely N-dealkylation sites (tertiary alicyclic amines) is 1. The van der Waals surface area contributed by atoms with E-state index in [1.807, 2.05) is 38.1 Å². The van der Waals surface area contributed by atoms with Gasteiger partial charge in [-0.15, -0.1) is 24.9 Å². The molecule has 3 heterocycles. The summed E-state index contributed by atoms with van der Waals surface area (Å²) < 4.78 is 5.08. The lowest BCUT2D eigenvalue weighted by molar-refractivity contribution is -0.154. The molecule has 4 rings (SSSR count). The minimum absolute atomic E-state index is 0.0137. The molecular formula is C33H46N2O5S. The smallest absolute Gasteiger partial charge is 0.310 e. The summed E-state index contributed by atoms with van der Waals surface area (Å²) in [5.74, 6) is -1.56. The molecule has 3 aliphatic rings. The molecule has 0 aromatic heterocycles. The molecule has 3 aliphatic heterocycles. The molecule has 5 atom stereocenters. The molecule has 1 aromatic rings. The van der Waals surface area contributed by atoms with E-state index in [1.165, 1.54) is 0 Å². The summed E-state index contributed by atoms with van der Waals surface area (Å²) in [6, 6.07) is 5.42. The number of anilines is 1. The van der Waals surface area contributed by atoms with Gasteiger partial charge in [0.1, 0.15) is 6.04 Å². The monoisotopic (exact) mass is 582 g/mol. The van der Waals surface area contributed by atoms with Gasteiger partial charge in [0.2, 0.25) is 5.91 Å². The van der Waals surface area contributed by atoms with Crippen molar-refractivity contribution in [2.24, 2.45) is 11.8 Å². The Morgan fingerprint density at radius 1 is 1.15 bits per heavy atom. The van der Waals surface area contributed by atoms with Crippen LogP contribution in [0.25, 0.3) is 0 Å². The minimum Gasteiger partial charge on any atom is -0.465 e.